The van der Waals surface area contributed by atoms with Gasteiger partial charge < -0.3 is 5.32 Å². The highest BCUT2D eigenvalue weighted by Gasteiger charge is 2.54. The number of carbonyl (C=O) groups is 3. The van der Waals surface area contributed by atoms with Crippen LogP contribution in [0.15, 0.2) is 35.7 Å². The minimum absolute atomic E-state index is 0.202. The fraction of sp³-hybridized carbons (Fsp3) is 0.458. The number of aryl methyl sites for hydroxylation is 1. The molecule has 2 aliphatic carbocycles. The van der Waals surface area contributed by atoms with Crippen LogP contribution in [-0.4, -0.2) is 29.2 Å². The number of hydrogen-bond acceptors (Lipinski definition) is 4. The van der Waals surface area contributed by atoms with Crippen LogP contribution in [0.4, 0.5) is 4.79 Å². The van der Waals surface area contributed by atoms with E-state index >= 15 is 0 Å². The van der Waals surface area contributed by atoms with Crippen molar-refractivity contribution < 1.29 is 14.4 Å². The largest absolute Gasteiger partial charge is 0.325 e. The fourth-order valence-corrected chi connectivity index (χ4v) is 6.30. The molecule has 30 heavy (non-hydrogen) atoms. The molecule has 1 aromatic carbocycles. The van der Waals surface area contributed by atoms with Gasteiger partial charge in [0.15, 0.2) is 5.78 Å². The minimum Gasteiger partial charge on any atom is -0.319 e. The third kappa shape index (κ3) is 3.18. The number of fused-ring (bicyclic) bond motifs is 2. The van der Waals surface area contributed by atoms with Crippen LogP contribution in [0.25, 0.3) is 0 Å². The first-order valence-corrected chi connectivity index (χ1v) is 11.8. The van der Waals surface area contributed by atoms with Crippen LogP contribution in [0, 0.1) is 0 Å². The van der Waals surface area contributed by atoms with Crippen LogP contribution in [0.3, 0.4) is 0 Å². The molecule has 5 rings (SSSR count). The van der Waals surface area contributed by atoms with Gasteiger partial charge in [-0.2, -0.15) is 0 Å². The first-order chi connectivity index (χ1) is 14.6. The predicted molar refractivity (Wildman–Crippen MR) is 116 cm³/mol. The van der Waals surface area contributed by atoms with Crippen LogP contribution in [0.5, 0.6) is 0 Å². The van der Waals surface area contributed by atoms with Crippen molar-refractivity contribution in [2.24, 2.45) is 0 Å². The summed E-state index contributed by atoms with van der Waals surface area (Å²) in [5.74, 6) is 0.0888. The second-order valence-electron chi connectivity index (χ2n) is 8.72. The Kier molecular flexibility index (Phi) is 4.97. The lowest BCUT2D eigenvalue weighted by Crippen LogP contribution is -2.46. The van der Waals surface area contributed by atoms with E-state index in [0.29, 0.717) is 17.9 Å². The third-order valence-corrected chi connectivity index (χ3v) is 7.93. The normalized spacial score (nSPS) is 24.2. The molecule has 3 amide bonds. The van der Waals surface area contributed by atoms with Gasteiger partial charge in [-0.1, -0.05) is 43.5 Å². The number of rotatable bonds is 4. The Morgan fingerprint density at radius 2 is 1.83 bits per heavy atom. The molecule has 3 aliphatic rings. The number of nitrogens with one attached hydrogen (secondary N) is 1. The van der Waals surface area contributed by atoms with Gasteiger partial charge in [-0.3, -0.25) is 14.5 Å². The van der Waals surface area contributed by atoms with E-state index in [1.54, 1.807) is 11.3 Å². The number of amides is 3. The maximum Gasteiger partial charge on any atom is 0.325 e. The Labute approximate surface area is 180 Å². The van der Waals surface area contributed by atoms with E-state index in [4.69, 9.17) is 0 Å². The first kappa shape index (κ1) is 19.5. The van der Waals surface area contributed by atoms with Gasteiger partial charge in [0.25, 0.3) is 5.91 Å². The molecule has 1 aromatic heterocycles. The Morgan fingerprint density at radius 3 is 2.60 bits per heavy atom. The predicted octanol–water partition coefficient (Wildman–Crippen LogP) is 4.76. The second-order valence-corrected chi connectivity index (χ2v) is 9.72. The van der Waals surface area contributed by atoms with Crippen molar-refractivity contribution in [1.82, 2.24) is 10.2 Å². The molecule has 1 atom stereocenters. The molecule has 2 fully saturated rings. The molecule has 5 nitrogen and oxygen atoms in total. The molecule has 1 N–H and O–H groups in total. The minimum atomic E-state index is -0.990. The topological polar surface area (TPSA) is 66.5 Å². The number of benzene rings is 1. The molecule has 1 unspecified atom stereocenters. The summed E-state index contributed by atoms with van der Waals surface area (Å²) in [4.78, 5) is 41.1. The number of carbonyl (C=O) groups excluding carboxylic acids is 3. The van der Waals surface area contributed by atoms with Crippen LogP contribution >= 0.6 is 11.3 Å². The standard InChI is InChI=1S/C24H26N2O3S/c27-20(18-10-8-17(9-11-18)16-5-2-1-3-6-16)15-26-22(28)24(25-23(26)29)13-4-7-21-19(24)12-14-30-21/h8-12,14,16H,1-7,13,15H2,(H,25,29). The number of nitrogens with zero attached hydrogens (tertiary/aromatic N) is 1. The summed E-state index contributed by atoms with van der Waals surface area (Å²) in [7, 11) is 0. The van der Waals surface area contributed by atoms with Crippen LogP contribution in [0.1, 0.15) is 77.2 Å². The van der Waals surface area contributed by atoms with Crippen molar-refractivity contribution in [2.45, 2.75) is 62.8 Å². The summed E-state index contributed by atoms with van der Waals surface area (Å²) in [6.07, 6.45) is 8.64. The van der Waals surface area contributed by atoms with Gasteiger partial charge in [-0.15, -0.1) is 11.3 Å². The van der Waals surface area contributed by atoms with Crippen molar-refractivity contribution in [1.29, 1.82) is 0 Å². The van der Waals surface area contributed by atoms with Crippen molar-refractivity contribution in [3.8, 4) is 0 Å². The highest BCUT2D eigenvalue weighted by Crippen LogP contribution is 2.42. The van der Waals surface area contributed by atoms with Crippen molar-refractivity contribution in [3.05, 3.63) is 57.3 Å². The summed E-state index contributed by atoms with van der Waals surface area (Å²) in [5.41, 5.74) is 1.75. The van der Waals surface area contributed by atoms with E-state index in [0.717, 1.165) is 28.2 Å². The molecule has 1 saturated carbocycles. The average Bonchev–Trinajstić information content (AvgIpc) is 3.35. The van der Waals surface area contributed by atoms with Gasteiger partial charge in [0.1, 0.15) is 5.54 Å². The van der Waals surface area contributed by atoms with E-state index in [2.05, 4.69) is 5.32 Å². The fourth-order valence-electron chi connectivity index (χ4n) is 5.30. The van der Waals surface area contributed by atoms with Crippen molar-refractivity contribution in [2.75, 3.05) is 6.54 Å². The maximum absolute atomic E-state index is 13.3. The quantitative estimate of drug-likeness (QED) is 0.570. The zero-order valence-corrected chi connectivity index (χ0v) is 17.8. The number of thiophene rings is 1. The number of Topliss-reactive ketones (excluding diaryl/α,β-unsaturated/α-hetero) is 1. The number of urea groups is 1. The highest BCUT2D eigenvalue weighted by atomic mass is 32.1. The Hall–Kier alpha value is -2.47. The Bertz CT molecular complexity index is 990. The van der Waals surface area contributed by atoms with Crippen molar-refractivity contribution >= 4 is 29.1 Å². The Morgan fingerprint density at radius 1 is 1.07 bits per heavy atom. The maximum atomic E-state index is 13.3. The second kappa shape index (κ2) is 7.65. The lowest BCUT2D eigenvalue weighted by atomic mass is 9.80. The molecule has 1 aliphatic heterocycles. The molecule has 2 aromatic rings. The van der Waals surface area contributed by atoms with E-state index in [-0.39, 0.29) is 18.2 Å². The van der Waals surface area contributed by atoms with Gasteiger partial charge in [-0.05, 0) is 55.0 Å². The zero-order chi connectivity index (χ0) is 20.7. The third-order valence-electron chi connectivity index (χ3n) is 6.95. The summed E-state index contributed by atoms with van der Waals surface area (Å²) in [5, 5.41) is 4.88. The molecule has 1 spiro atoms. The van der Waals surface area contributed by atoms with E-state index in [9.17, 15) is 14.4 Å². The lowest BCUT2D eigenvalue weighted by Gasteiger charge is -2.31. The summed E-state index contributed by atoms with van der Waals surface area (Å²) in [6, 6.07) is 9.24. The summed E-state index contributed by atoms with van der Waals surface area (Å²) < 4.78 is 0. The SMILES string of the molecule is O=C(CN1C(=O)NC2(CCCc3sccc32)C1=O)c1ccc(C2CCCCC2)cc1. The molecule has 2 heterocycles. The molecular weight excluding hydrogens is 396 g/mol. The van der Waals surface area contributed by atoms with Gasteiger partial charge in [0.2, 0.25) is 0 Å². The first-order valence-electron chi connectivity index (χ1n) is 10.9. The molecule has 0 bridgehead atoms. The molecule has 156 valence electrons. The van der Waals surface area contributed by atoms with Gasteiger partial charge in [0.05, 0.1) is 6.54 Å². The number of ketones is 1. The van der Waals surface area contributed by atoms with Gasteiger partial charge in [0, 0.05) is 16.0 Å². The summed E-state index contributed by atoms with van der Waals surface area (Å²) in [6.45, 7) is -0.214. The van der Waals surface area contributed by atoms with Crippen molar-refractivity contribution in [3.63, 3.8) is 0 Å². The lowest BCUT2D eigenvalue weighted by molar-refractivity contribution is -0.131. The Balaban J connectivity index is 1.32. The van der Waals surface area contributed by atoms with E-state index < -0.39 is 11.6 Å². The highest BCUT2D eigenvalue weighted by molar-refractivity contribution is 7.10. The number of imide groups is 1. The monoisotopic (exact) mass is 422 g/mol. The zero-order valence-electron chi connectivity index (χ0n) is 17.0. The van der Waals surface area contributed by atoms with Crippen LogP contribution in [-0.2, 0) is 16.8 Å². The van der Waals surface area contributed by atoms with Gasteiger partial charge in [-0.25, -0.2) is 4.79 Å². The molecular formula is C24H26N2O3S. The average molecular weight is 423 g/mol. The van der Waals surface area contributed by atoms with E-state index in [1.165, 1.54) is 37.7 Å². The number of hydrogen-bond donors (Lipinski definition) is 1. The summed E-state index contributed by atoms with van der Waals surface area (Å²) >= 11 is 1.63. The van der Waals surface area contributed by atoms with Crippen LogP contribution in [0.2, 0.25) is 0 Å². The molecule has 1 saturated heterocycles. The smallest absolute Gasteiger partial charge is 0.319 e. The van der Waals surface area contributed by atoms with E-state index in [1.807, 2.05) is 35.7 Å². The molecule has 0 radical (unpaired) electrons. The molecule has 6 heteroatoms. The van der Waals surface area contributed by atoms with Crippen LogP contribution < -0.4 is 5.32 Å². The van der Waals surface area contributed by atoms with Gasteiger partial charge >= 0.3 is 6.03 Å².